The molecule has 7 unspecified atom stereocenters. The van der Waals surface area contributed by atoms with Crippen LogP contribution in [-0.4, -0.2) is 10.8 Å². The van der Waals surface area contributed by atoms with E-state index in [9.17, 15) is 0 Å². The van der Waals surface area contributed by atoms with Gasteiger partial charge in [0.05, 0.1) is 10.8 Å². The van der Waals surface area contributed by atoms with Gasteiger partial charge in [0.15, 0.2) is 0 Å². The van der Waals surface area contributed by atoms with Crippen LogP contribution in [0.2, 0.25) is 0 Å². The lowest BCUT2D eigenvalue weighted by Crippen LogP contribution is -2.70. The van der Waals surface area contributed by atoms with Crippen molar-refractivity contribution in [3.63, 3.8) is 0 Å². The van der Waals surface area contributed by atoms with Gasteiger partial charge in [0, 0.05) is 5.41 Å². The third-order valence-electron chi connectivity index (χ3n) is 17.0. The van der Waals surface area contributed by atoms with E-state index in [2.05, 4.69) is 111 Å². The van der Waals surface area contributed by atoms with Gasteiger partial charge in [-0.3, -0.25) is 0 Å². The molecule has 6 aliphatic carbocycles. The van der Waals surface area contributed by atoms with E-state index in [1.54, 1.807) is 0 Å². The summed E-state index contributed by atoms with van der Waals surface area (Å²) in [5.41, 5.74) is 3.23. The molecule has 0 radical (unpaired) electrons. The normalized spacial score (nSPS) is 35.8. The fourth-order valence-corrected chi connectivity index (χ4v) is 15.2. The van der Waals surface area contributed by atoms with Crippen molar-refractivity contribution in [3.8, 4) is 0 Å². The minimum absolute atomic E-state index is 0.0420. The summed E-state index contributed by atoms with van der Waals surface area (Å²) in [5, 5.41) is -0.198. The molecule has 9 atom stereocenters. The van der Waals surface area contributed by atoms with Crippen LogP contribution in [0, 0.1) is 68.0 Å². The van der Waals surface area contributed by atoms with E-state index < -0.39 is 0 Å². The molecule has 4 saturated carbocycles. The van der Waals surface area contributed by atoms with Crippen LogP contribution < -0.4 is 0 Å². The lowest BCUT2D eigenvalue weighted by atomic mass is 9.33. The highest BCUT2D eigenvalue weighted by molar-refractivity contribution is 6.30. The van der Waals surface area contributed by atoms with Gasteiger partial charge < -0.3 is 0 Å². The molecule has 0 bridgehead atoms. The molecule has 0 saturated heterocycles. The van der Waals surface area contributed by atoms with Gasteiger partial charge in [-0.25, -0.2) is 0 Å². The topological polar surface area (TPSA) is 0 Å². The Morgan fingerprint density at radius 2 is 1.19 bits per heavy atom. The first-order chi connectivity index (χ1) is 24.9. The first kappa shape index (κ1) is 41.9. The van der Waals surface area contributed by atoms with Crippen molar-refractivity contribution >= 4 is 23.2 Å². The molecule has 0 nitrogen and oxygen atoms in total. The number of halogens is 2. The van der Waals surface area contributed by atoms with Gasteiger partial charge in [0.1, 0.15) is 0 Å². The number of hydrogen-bond acceptors (Lipinski definition) is 0. The average Bonchev–Trinajstić information content (AvgIpc) is 3.46. The van der Waals surface area contributed by atoms with E-state index in [1.165, 1.54) is 120 Å². The molecule has 0 amide bonds. The van der Waals surface area contributed by atoms with E-state index in [1.807, 2.05) is 0 Å². The summed E-state index contributed by atoms with van der Waals surface area (Å²) >= 11 is 17.2. The van der Waals surface area contributed by atoms with Crippen LogP contribution in [0.5, 0.6) is 0 Å². The van der Waals surface area contributed by atoms with Crippen molar-refractivity contribution in [2.45, 2.75) is 189 Å². The second-order valence-corrected chi connectivity index (χ2v) is 23.2. The summed E-state index contributed by atoms with van der Waals surface area (Å²) in [5.74, 6) is 2.75. The van der Waals surface area contributed by atoms with Crippen LogP contribution in [0.25, 0.3) is 0 Å². The van der Waals surface area contributed by atoms with Crippen LogP contribution in [0.1, 0.15) is 178 Å². The maximum atomic E-state index is 8.86. The standard InChI is InChI=1S/C51H80Cl2/c1-11-12-33-50(10,36-23-17-18-24-36)43-41-34-37(46(2,3)4)25-27-39(41)40-28-26-38(47(5,6)7)35-42(40)51(43,49(9)31-21-15-16-22-32-49)45(53)44(52)48(8)29-19-13-14-20-30-48/h11,25-28,34-36,39-45H,1,12-24,29-33H2,2-10H3/t39?,40?,41?,42?,43?,44?,45-,50?,51+/m0/s1. The van der Waals surface area contributed by atoms with Gasteiger partial charge in [-0.05, 0) is 125 Å². The summed E-state index contributed by atoms with van der Waals surface area (Å²) < 4.78 is 0. The van der Waals surface area contributed by atoms with Crippen molar-refractivity contribution < 1.29 is 0 Å². The Kier molecular flexibility index (Phi) is 12.6. The van der Waals surface area contributed by atoms with E-state index in [0.717, 1.165) is 6.42 Å². The highest BCUT2D eigenvalue weighted by Crippen LogP contribution is 2.75. The predicted octanol–water partition coefficient (Wildman–Crippen LogP) is 16.3. The van der Waals surface area contributed by atoms with Crippen molar-refractivity contribution in [1.82, 2.24) is 0 Å². The Morgan fingerprint density at radius 1 is 0.679 bits per heavy atom. The number of allylic oxidation sites excluding steroid dienone is 9. The molecule has 0 heterocycles. The number of hydrogen-bond donors (Lipinski definition) is 0. The zero-order valence-electron chi connectivity index (χ0n) is 35.9. The third-order valence-corrected chi connectivity index (χ3v) is 18.5. The lowest BCUT2D eigenvalue weighted by Gasteiger charge is -2.72. The maximum Gasteiger partial charge on any atom is 0.0575 e. The SMILES string of the molecule is C=CCCC(C)(C1CCCC1)C1C2C=C(C(C)(C)C)C=CC2C2C=CC(C(C)(C)C)=CC2[C@@]1([C@@H](Cl)C(Cl)C1(C)CCCCCC1)C1(C)CCCCCC1. The maximum absolute atomic E-state index is 8.86. The molecular formula is C51H80Cl2. The highest BCUT2D eigenvalue weighted by atomic mass is 35.5. The number of alkyl halides is 2. The third kappa shape index (κ3) is 7.57. The van der Waals surface area contributed by atoms with E-state index in [0.29, 0.717) is 35.5 Å². The van der Waals surface area contributed by atoms with Gasteiger partial charge >= 0.3 is 0 Å². The first-order valence-electron chi connectivity index (χ1n) is 22.6. The summed E-state index contributed by atoms with van der Waals surface area (Å²) in [6.07, 6.45) is 41.6. The molecule has 6 rings (SSSR count). The second kappa shape index (κ2) is 15.9. The Hall–Kier alpha value is -0.720. The van der Waals surface area contributed by atoms with Crippen molar-refractivity contribution in [1.29, 1.82) is 0 Å². The monoisotopic (exact) mass is 763 g/mol. The van der Waals surface area contributed by atoms with Gasteiger partial charge in [-0.15, -0.1) is 29.8 Å². The molecule has 0 N–H and O–H groups in total. The number of fused-ring (bicyclic) bond motifs is 3. The van der Waals surface area contributed by atoms with Gasteiger partial charge in [0.2, 0.25) is 0 Å². The van der Waals surface area contributed by atoms with E-state index in [-0.39, 0.29) is 43.2 Å². The molecule has 4 fully saturated rings. The molecule has 2 heteroatoms. The van der Waals surface area contributed by atoms with Gasteiger partial charge in [-0.2, -0.15) is 0 Å². The minimum Gasteiger partial charge on any atom is -0.121 e. The van der Waals surface area contributed by atoms with Gasteiger partial charge in [-0.1, -0.05) is 169 Å². The van der Waals surface area contributed by atoms with Crippen LogP contribution in [-0.2, 0) is 0 Å². The Morgan fingerprint density at radius 3 is 1.72 bits per heavy atom. The summed E-state index contributed by atoms with van der Waals surface area (Å²) in [7, 11) is 0. The van der Waals surface area contributed by atoms with Crippen LogP contribution in [0.4, 0.5) is 0 Å². The largest absolute Gasteiger partial charge is 0.121 e. The zero-order chi connectivity index (χ0) is 38.5. The van der Waals surface area contributed by atoms with Crippen LogP contribution in [0.15, 0.2) is 60.3 Å². The molecular weight excluding hydrogens is 683 g/mol. The minimum atomic E-state index is -0.184. The molecule has 298 valence electrons. The Balaban J connectivity index is 1.74. The van der Waals surface area contributed by atoms with Crippen molar-refractivity contribution in [2.24, 2.45) is 68.0 Å². The van der Waals surface area contributed by atoms with Crippen molar-refractivity contribution in [3.05, 3.63) is 60.3 Å². The number of rotatable bonds is 9. The first-order valence-corrected chi connectivity index (χ1v) is 23.5. The molecule has 53 heavy (non-hydrogen) atoms. The summed E-state index contributed by atoms with van der Waals surface area (Å²) in [6, 6.07) is 0. The Labute approximate surface area is 338 Å². The second-order valence-electron chi connectivity index (χ2n) is 22.3. The lowest BCUT2D eigenvalue weighted by molar-refractivity contribution is -0.190. The molecule has 0 spiro atoms. The van der Waals surface area contributed by atoms with Crippen LogP contribution in [0.3, 0.4) is 0 Å². The average molecular weight is 764 g/mol. The molecule has 0 aromatic carbocycles. The zero-order valence-corrected chi connectivity index (χ0v) is 37.4. The Bertz CT molecular complexity index is 1390. The van der Waals surface area contributed by atoms with Crippen molar-refractivity contribution in [2.75, 3.05) is 0 Å². The molecule has 6 aliphatic rings. The smallest absolute Gasteiger partial charge is 0.0575 e. The summed E-state index contributed by atoms with van der Waals surface area (Å²) in [4.78, 5) is 0. The van der Waals surface area contributed by atoms with Crippen LogP contribution >= 0.6 is 23.2 Å². The fraction of sp³-hybridized carbons (Fsp3) is 0.804. The summed E-state index contributed by atoms with van der Waals surface area (Å²) in [6.45, 7) is 27.1. The van der Waals surface area contributed by atoms with Gasteiger partial charge in [0.25, 0.3) is 0 Å². The predicted molar refractivity (Wildman–Crippen MR) is 234 cm³/mol. The molecule has 0 aromatic rings. The van der Waals surface area contributed by atoms with E-state index in [4.69, 9.17) is 23.2 Å². The van der Waals surface area contributed by atoms with E-state index >= 15 is 0 Å². The quantitative estimate of drug-likeness (QED) is 0.125. The fourth-order valence-electron chi connectivity index (χ4n) is 13.9. The highest BCUT2D eigenvalue weighted by Gasteiger charge is 2.72. The molecule has 0 aromatic heterocycles. The molecule has 0 aliphatic heterocycles.